The first-order chi connectivity index (χ1) is 10.3. The second-order valence-corrected chi connectivity index (χ2v) is 6.40. The number of urea groups is 1. The van der Waals surface area contributed by atoms with Crippen molar-refractivity contribution in [2.45, 2.75) is 18.9 Å². The number of hydrogen-bond donors (Lipinski definition) is 1. The summed E-state index contributed by atoms with van der Waals surface area (Å²) in [5.41, 5.74) is 1.08. The van der Waals surface area contributed by atoms with E-state index in [1.54, 1.807) is 11.5 Å². The Morgan fingerprint density at radius 2 is 2.00 bits per heavy atom. The molecular weight excluding hydrogens is 284 g/mol. The number of nitrogens with zero attached hydrogens (tertiary/aromatic N) is 3. The minimum absolute atomic E-state index is 0.108. The van der Waals surface area contributed by atoms with Crippen LogP contribution in [0.15, 0.2) is 24.3 Å². The molecule has 2 aliphatic heterocycles. The van der Waals surface area contributed by atoms with Crippen LogP contribution in [-0.4, -0.2) is 47.5 Å². The third-order valence-corrected chi connectivity index (χ3v) is 5.39. The van der Waals surface area contributed by atoms with Gasteiger partial charge in [-0.3, -0.25) is 0 Å². The van der Waals surface area contributed by atoms with Crippen molar-refractivity contribution in [2.24, 2.45) is 0 Å². The molecular formula is C15H18N4OS. The van der Waals surface area contributed by atoms with Gasteiger partial charge in [-0.15, -0.1) is 0 Å². The van der Waals surface area contributed by atoms with Gasteiger partial charge in [0.1, 0.15) is 5.00 Å². The zero-order valence-electron chi connectivity index (χ0n) is 11.8. The number of piperidine rings is 1. The average molecular weight is 302 g/mol. The van der Waals surface area contributed by atoms with Gasteiger partial charge in [0.15, 0.2) is 0 Å². The van der Waals surface area contributed by atoms with Crippen molar-refractivity contribution in [3.05, 3.63) is 24.3 Å². The van der Waals surface area contributed by atoms with Gasteiger partial charge in [-0.25, -0.2) is 4.79 Å². The summed E-state index contributed by atoms with van der Waals surface area (Å²) in [4.78, 5) is 16.2. The van der Waals surface area contributed by atoms with Gasteiger partial charge in [0.25, 0.3) is 0 Å². The molecule has 2 saturated heterocycles. The van der Waals surface area contributed by atoms with E-state index in [0.29, 0.717) is 6.04 Å². The third-order valence-electron chi connectivity index (χ3n) is 4.45. The fourth-order valence-corrected chi connectivity index (χ4v) is 4.23. The molecule has 5 nitrogen and oxygen atoms in total. The maximum Gasteiger partial charge on any atom is 0.317 e. The standard InChI is InChI=1S/C15H18N4OS/c20-15-16-7-10-19(15)11-5-8-18(9-6-11)14-12-3-1-2-4-13(12)17-21-14/h1-4,11H,5-10H2,(H,16,20). The molecule has 0 aliphatic carbocycles. The Hall–Kier alpha value is -1.82. The topological polar surface area (TPSA) is 48.5 Å². The Morgan fingerprint density at radius 1 is 1.19 bits per heavy atom. The molecule has 0 saturated carbocycles. The number of anilines is 1. The first-order valence-corrected chi connectivity index (χ1v) is 8.24. The summed E-state index contributed by atoms with van der Waals surface area (Å²) >= 11 is 1.59. The maximum absolute atomic E-state index is 11.8. The highest BCUT2D eigenvalue weighted by molar-refractivity contribution is 7.11. The number of benzene rings is 1. The molecule has 0 radical (unpaired) electrons. The van der Waals surface area contributed by atoms with Gasteiger partial charge < -0.3 is 15.1 Å². The van der Waals surface area contributed by atoms with Crippen molar-refractivity contribution in [3.8, 4) is 0 Å². The summed E-state index contributed by atoms with van der Waals surface area (Å²) in [6, 6.07) is 8.82. The predicted molar refractivity (Wildman–Crippen MR) is 85.0 cm³/mol. The highest BCUT2D eigenvalue weighted by Crippen LogP contribution is 2.33. The number of amides is 2. The second kappa shape index (κ2) is 5.18. The molecule has 1 N–H and O–H groups in total. The lowest BCUT2D eigenvalue weighted by Gasteiger charge is -2.36. The number of nitrogens with one attached hydrogen (secondary N) is 1. The van der Waals surface area contributed by atoms with E-state index in [4.69, 9.17) is 0 Å². The van der Waals surface area contributed by atoms with Crippen molar-refractivity contribution in [1.82, 2.24) is 14.6 Å². The molecule has 21 heavy (non-hydrogen) atoms. The van der Waals surface area contributed by atoms with E-state index < -0.39 is 0 Å². The molecule has 4 rings (SSSR count). The van der Waals surface area contributed by atoms with Crippen LogP contribution in [0.3, 0.4) is 0 Å². The van der Waals surface area contributed by atoms with Gasteiger partial charge in [-0.2, -0.15) is 4.37 Å². The van der Waals surface area contributed by atoms with Gasteiger partial charge in [-0.05, 0) is 36.5 Å². The summed E-state index contributed by atoms with van der Waals surface area (Å²) in [5.74, 6) is 0. The Labute approximate surface area is 127 Å². The van der Waals surface area contributed by atoms with Gasteiger partial charge >= 0.3 is 6.03 Å². The van der Waals surface area contributed by atoms with Crippen LogP contribution in [0.2, 0.25) is 0 Å². The summed E-state index contributed by atoms with van der Waals surface area (Å²) in [5, 5.41) is 5.42. The number of fused-ring (bicyclic) bond motifs is 1. The molecule has 110 valence electrons. The van der Waals surface area contributed by atoms with E-state index in [2.05, 4.69) is 32.8 Å². The molecule has 0 bridgehead atoms. The van der Waals surface area contributed by atoms with Crippen LogP contribution >= 0.6 is 11.5 Å². The van der Waals surface area contributed by atoms with Crippen LogP contribution in [0.1, 0.15) is 12.8 Å². The van der Waals surface area contributed by atoms with E-state index in [1.165, 1.54) is 10.4 Å². The van der Waals surface area contributed by atoms with Crippen molar-refractivity contribution >= 4 is 33.5 Å². The average Bonchev–Trinajstić information content (AvgIpc) is 3.14. The Morgan fingerprint density at radius 3 is 2.76 bits per heavy atom. The van der Waals surface area contributed by atoms with E-state index >= 15 is 0 Å². The summed E-state index contributed by atoms with van der Waals surface area (Å²) in [6.07, 6.45) is 2.08. The summed E-state index contributed by atoms with van der Waals surface area (Å²) in [6.45, 7) is 3.65. The number of hydrogen-bond acceptors (Lipinski definition) is 4. The molecule has 0 atom stereocenters. The van der Waals surface area contributed by atoms with E-state index in [0.717, 1.165) is 44.5 Å². The van der Waals surface area contributed by atoms with Crippen LogP contribution in [0.4, 0.5) is 9.80 Å². The zero-order chi connectivity index (χ0) is 14.2. The van der Waals surface area contributed by atoms with Crippen LogP contribution in [-0.2, 0) is 0 Å². The molecule has 2 aliphatic rings. The van der Waals surface area contributed by atoms with Crippen LogP contribution in [0.5, 0.6) is 0 Å². The van der Waals surface area contributed by atoms with E-state index in [1.807, 2.05) is 11.0 Å². The quantitative estimate of drug-likeness (QED) is 0.926. The molecule has 1 aromatic carbocycles. The molecule has 0 unspecified atom stereocenters. The molecule has 1 aromatic heterocycles. The second-order valence-electron chi connectivity index (χ2n) is 5.65. The monoisotopic (exact) mass is 302 g/mol. The molecule has 6 heteroatoms. The van der Waals surface area contributed by atoms with E-state index in [-0.39, 0.29) is 6.03 Å². The first-order valence-electron chi connectivity index (χ1n) is 7.47. The normalized spacial score (nSPS) is 20.3. The van der Waals surface area contributed by atoms with Gasteiger partial charge in [0, 0.05) is 37.6 Å². The van der Waals surface area contributed by atoms with Crippen molar-refractivity contribution in [1.29, 1.82) is 0 Å². The lowest BCUT2D eigenvalue weighted by Crippen LogP contribution is -2.46. The van der Waals surface area contributed by atoms with Crippen molar-refractivity contribution < 1.29 is 4.79 Å². The van der Waals surface area contributed by atoms with Crippen molar-refractivity contribution in [3.63, 3.8) is 0 Å². The number of rotatable bonds is 2. The Kier molecular flexibility index (Phi) is 3.18. The highest BCUT2D eigenvalue weighted by Gasteiger charge is 2.31. The largest absolute Gasteiger partial charge is 0.362 e. The Bertz CT molecular complexity index is 662. The summed E-state index contributed by atoms with van der Waals surface area (Å²) < 4.78 is 4.53. The van der Waals surface area contributed by atoms with Crippen molar-refractivity contribution in [2.75, 3.05) is 31.1 Å². The lowest BCUT2D eigenvalue weighted by atomic mass is 10.0. The first kappa shape index (κ1) is 12.9. The van der Waals surface area contributed by atoms with Gasteiger partial charge in [0.05, 0.1) is 5.52 Å². The zero-order valence-corrected chi connectivity index (χ0v) is 12.6. The molecule has 2 aromatic rings. The SMILES string of the molecule is O=C1NCCN1C1CCN(c2snc3ccccc23)CC1. The van der Waals surface area contributed by atoms with Crippen LogP contribution < -0.4 is 10.2 Å². The number of aromatic nitrogens is 1. The smallest absolute Gasteiger partial charge is 0.317 e. The fraction of sp³-hybridized carbons (Fsp3) is 0.467. The molecule has 3 heterocycles. The van der Waals surface area contributed by atoms with Gasteiger partial charge in [0.2, 0.25) is 0 Å². The maximum atomic E-state index is 11.8. The molecule has 2 fully saturated rings. The lowest BCUT2D eigenvalue weighted by molar-refractivity contribution is 0.186. The fourth-order valence-electron chi connectivity index (χ4n) is 3.32. The van der Waals surface area contributed by atoms with Crippen LogP contribution in [0.25, 0.3) is 10.9 Å². The minimum atomic E-state index is 0.108. The third kappa shape index (κ3) is 2.23. The summed E-state index contributed by atoms with van der Waals surface area (Å²) in [7, 11) is 0. The Balaban J connectivity index is 1.49. The highest BCUT2D eigenvalue weighted by atomic mass is 32.1. The molecule has 2 amide bonds. The van der Waals surface area contributed by atoms with E-state index in [9.17, 15) is 4.79 Å². The molecule has 0 spiro atoms. The number of carbonyl (C=O) groups excluding carboxylic acids is 1. The van der Waals surface area contributed by atoms with Crippen LogP contribution in [0, 0.1) is 0 Å². The predicted octanol–water partition coefficient (Wildman–Crippen LogP) is 2.29. The minimum Gasteiger partial charge on any atom is -0.362 e. The van der Waals surface area contributed by atoms with Gasteiger partial charge in [-0.1, -0.05) is 12.1 Å². The number of carbonyl (C=O) groups is 1.